The lowest BCUT2D eigenvalue weighted by molar-refractivity contribution is 0.102. The number of ether oxygens (including phenoxy) is 1. The Morgan fingerprint density at radius 1 is 1.12 bits per heavy atom. The molecule has 26 heavy (non-hydrogen) atoms. The Hall–Kier alpha value is -2.80. The molecule has 0 saturated heterocycles. The molecule has 1 aromatic heterocycles. The summed E-state index contributed by atoms with van der Waals surface area (Å²) in [5.74, 6) is 1.92. The van der Waals surface area contributed by atoms with Gasteiger partial charge in [-0.2, -0.15) is 0 Å². The Morgan fingerprint density at radius 3 is 2.42 bits per heavy atom. The van der Waals surface area contributed by atoms with Crippen LogP contribution in [-0.2, 0) is 6.54 Å². The minimum Gasteiger partial charge on any atom is -0.508 e. The first-order valence-electron chi connectivity index (χ1n) is 8.15. The number of Topliss-reactive ketones (excluding diaryl/α,β-unsaturated/α-hetero) is 1. The van der Waals surface area contributed by atoms with Crippen molar-refractivity contribution >= 4 is 17.5 Å². The average molecular weight is 369 g/mol. The van der Waals surface area contributed by atoms with Crippen LogP contribution >= 0.6 is 11.8 Å². The number of hydrogen-bond donors (Lipinski definition) is 1. The number of carbonyl (C=O) groups excluding carboxylic acids is 1. The smallest absolute Gasteiger partial charge is 0.191 e. The molecule has 7 heteroatoms. The number of phenols is 1. The topological polar surface area (TPSA) is 77.2 Å². The Balaban J connectivity index is 1.75. The van der Waals surface area contributed by atoms with Gasteiger partial charge in [0.2, 0.25) is 0 Å². The number of thioether (sulfide) groups is 1. The van der Waals surface area contributed by atoms with Gasteiger partial charge >= 0.3 is 0 Å². The van der Waals surface area contributed by atoms with Gasteiger partial charge in [0.05, 0.1) is 12.9 Å². The van der Waals surface area contributed by atoms with Crippen LogP contribution in [0.4, 0.5) is 0 Å². The minimum atomic E-state index is -0.0216. The fourth-order valence-electron chi connectivity index (χ4n) is 2.49. The van der Waals surface area contributed by atoms with E-state index in [-0.39, 0.29) is 17.3 Å². The van der Waals surface area contributed by atoms with E-state index in [0.29, 0.717) is 17.3 Å². The zero-order valence-electron chi connectivity index (χ0n) is 14.5. The molecule has 0 unspecified atom stereocenters. The molecule has 0 amide bonds. The van der Waals surface area contributed by atoms with E-state index in [1.165, 1.54) is 23.9 Å². The van der Waals surface area contributed by atoms with E-state index in [2.05, 4.69) is 10.2 Å². The highest BCUT2D eigenvalue weighted by atomic mass is 32.2. The Kier molecular flexibility index (Phi) is 5.58. The molecule has 0 aliphatic rings. The molecule has 0 radical (unpaired) electrons. The van der Waals surface area contributed by atoms with Crippen LogP contribution in [0, 0.1) is 0 Å². The molecule has 1 heterocycles. The Morgan fingerprint density at radius 2 is 1.81 bits per heavy atom. The number of methoxy groups -OCH3 is 1. The lowest BCUT2D eigenvalue weighted by atomic mass is 10.1. The molecule has 0 spiro atoms. The maximum Gasteiger partial charge on any atom is 0.191 e. The van der Waals surface area contributed by atoms with Gasteiger partial charge in [-0.1, -0.05) is 11.8 Å². The third-order valence-electron chi connectivity index (χ3n) is 3.90. The predicted octanol–water partition coefficient (Wildman–Crippen LogP) is 3.65. The fourth-order valence-corrected chi connectivity index (χ4v) is 3.39. The second-order valence-corrected chi connectivity index (χ2v) is 6.48. The zero-order chi connectivity index (χ0) is 18.5. The molecule has 0 fully saturated rings. The number of aromatic nitrogens is 3. The van der Waals surface area contributed by atoms with Crippen LogP contribution in [0.3, 0.4) is 0 Å². The summed E-state index contributed by atoms with van der Waals surface area (Å²) in [4.78, 5) is 12.3. The highest BCUT2D eigenvalue weighted by molar-refractivity contribution is 7.99. The third kappa shape index (κ3) is 3.88. The van der Waals surface area contributed by atoms with Crippen molar-refractivity contribution in [3.05, 3.63) is 54.1 Å². The molecule has 3 aromatic rings. The van der Waals surface area contributed by atoms with Crippen molar-refractivity contribution in [2.24, 2.45) is 0 Å². The summed E-state index contributed by atoms with van der Waals surface area (Å²) in [5, 5.41) is 18.5. The summed E-state index contributed by atoms with van der Waals surface area (Å²) in [5.41, 5.74) is 1.50. The van der Waals surface area contributed by atoms with Gasteiger partial charge in [-0.15, -0.1) is 10.2 Å². The number of nitrogens with zero attached hydrogens (tertiary/aromatic N) is 3. The van der Waals surface area contributed by atoms with E-state index in [4.69, 9.17) is 4.74 Å². The largest absolute Gasteiger partial charge is 0.508 e. The number of ketones is 1. The molecule has 0 atom stereocenters. The van der Waals surface area contributed by atoms with Crippen LogP contribution in [0.15, 0.2) is 53.7 Å². The van der Waals surface area contributed by atoms with Crippen LogP contribution in [0.25, 0.3) is 11.4 Å². The molecule has 0 aliphatic carbocycles. The first-order valence-corrected chi connectivity index (χ1v) is 9.13. The molecule has 3 rings (SSSR count). The normalized spacial score (nSPS) is 10.7. The van der Waals surface area contributed by atoms with Crippen molar-refractivity contribution in [1.29, 1.82) is 0 Å². The van der Waals surface area contributed by atoms with Gasteiger partial charge in [0.1, 0.15) is 11.5 Å². The molecule has 6 nitrogen and oxygen atoms in total. The van der Waals surface area contributed by atoms with Gasteiger partial charge in [0, 0.05) is 17.7 Å². The Labute approximate surface area is 155 Å². The first kappa shape index (κ1) is 18.0. The van der Waals surface area contributed by atoms with Crippen molar-refractivity contribution in [3.8, 4) is 22.9 Å². The molecule has 1 N–H and O–H groups in total. The van der Waals surface area contributed by atoms with Crippen molar-refractivity contribution in [2.45, 2.75) is 18.6 Å². The van der Waals surface area contributed by atoms with Gasteiger partial charge in [-0.05, 0) is 55.5 Å². The van der Waals surface area contributed by atoms with Crippen LogP contribution in [0.5, 0.6) is 11.5 Å². The van der Waals surface area contributed by atoms with Crippen LogP contribution < -0.4 is 4.74 Å². The van der Waals surface area contributed by atoms with E-state index in [0.717, 1.165) is 17.1 Å². The lowest BCUT2D eigenvalue weighted by Gasteiger charge is -2.08. The predicted molar refractivity (Wildman–Crippen MR) is 101 cm³/mol. The van der Waals surface area contributed by atoms with E-state index in [1.54, 1.807) is 19.2 Å². The molecule has 0 saturated carbocycles. The van der Waals surface area contributed by atoms with Crippen LogP contribution in [0.2, 0.25) is 0 Å². The maximum absolute atomic E-state index is 12.3. The van der Waals surface area contributed by atoms with Gasteiger partial charge in [0.15, 0.2) is 16.8 Å². The van der Waals surface area contributed by atoms with E-state index in [9.17, 15) is 9.90 Å². The summed E-state index contributed by atoms with van der Waals surface area (Å²) < 4.78 is 7.16. The van der Waals surface area contributed by atoms with E-state index < -0.39 is 0 Å². The SMILES string of the molecule is CCn1c(SCC(=O)c2ccc(O)cc2)nnc1-c1ccc(OC)cc1. The van der Waals surface area contributed by atoms with Crippen molar-refractivity contribution < 1.29 is 14.6 Å². The molecular formula is C19H19N3O3S. The zero-order valence-corrected chi connectivity index (χ0v) is 15.4. The van der Waals surface area contributed by atoms with Crippen molar-refractivity contribution in [1.82, 2.24) is 14.8 Å². The van der Waals surface area contributed by atoms with Crippen molar-refractivity contribution in [3.63, 3.8) is 0 Å². The van der Waals surface area contributed by atoms with Gasteiger partial charge in [0.25, 0.3) is 0 Å². The average Bonchev–Trinajstić information content (AvgIpc) is 3.09. The second-order valence-electron chi connectivity index (χ2n) is 5.54. The number of carbonyl (C=O) groups is 1. The van der Waals surface area contributed by atoms with Gasteiger partial charge in [-0.3, -0.25) is 4.79 Å². The van der Waals surface area contributed by atoms with Crippen LogP contribution in [-0.4, -0.2) is 38.5 Å². The van der Waals surface area contributed by atoms with Gasteiger partial charge in [-0.25, -0.2) is 0 Å². The third-order valence-corrected chi connectivity index (χ3v) is 4.87. The second kappa shape index (κ2) is 8.05. The minimum absolute atomic E-state index is 0.0216. The van der Waals surface area contributed by atoms with Crippen LogP contribution in [0.1, 0.15) is 17.3 Å². The molecular weight excluding hydrogens is 350 g/mol. The monoisotopic (exact) mass is 369 g/mol. The summed E-state index contributed by atoms with van der Waals surface area (Å²) >= 11 is 1.35. The molecule has 0 aliphatic heterocycles. The van der Waals surface area contributed by atoms with E-state index >= 15 is 0 Å². The number of hydrogen-bond acceptors (Lipinski definition) is 6. The van der Waals surface area contributed by atoms with E-state index in [1.807, 2.05) is 35.8 Å². The highest BCUT2D eigenvalue weighted by Gasteiger charge is 2.15. The standard InChI is InChI=1S/C19H19N3O3S/c1-3-22-18(14-6-10-16(25-2)11-7-14)20-21-19(22)26-12-17(24)13-4-8-15(23)9-5-13/h4-11,23H,3,12H2,1-2H3. The molecule has 2 aromatic carbocycles. The number of benzene rings is 2. The number of phenolic OH excluding ortho intramolecular Hbond substituents is 1. The fraction of sp³-hybridized carbons (Fsp3) is 0.211. The lowest BCUT2D eigenvalue weighted by Crippen LogP contribution is -2.05. The highest BCUT2D eigenvalue weighted by Crippen LogP contribution is 2.26. The summed E-state index contributed by atoms with van der Waals surface area (Å²) in [6.07, 6.45) is 0. The maximum atomic E-state index is 12.3. The quantitative estimate of drug-likeness (QED) is 0.506. The first-order chi connectivity index (χ1) is 12.6. The van der Waals surface area contributed by atoms with Crippen molar-refractivity contribution in [2.75, 3.05) is 12.9 Å². The summed E-state index contributed by atoms with van der Waals surface area (Å²) in [6.45, 7) is 2.71. The van der Waals surface area contributed by atoms with Gasteiger partial charge < -0.3 is 14.4 Å². The Bertz CT molecular complexity index is 889. The summed E-state index contributed by atoms with van der Waals surface area (Å²) in [6, 6.07) is 13.9. The number of aromatic hydroxyl groups is 1. The number of rotatable bonds is 7. The molecule has 134 valence electrons. The molecule has 0 bridgehead atoms. The summed E-state index contributed by atoms with van der Waals surface area (Å²) in [7, 11) is 1.63.